The van der Waals surface area contributed by atoms with Crippen LogP contribution in [-0.4, -0.2) is 172 Å². The van der Waals surface area contributed by atoms with Gasteiger partial charge in [0.1, 0.15) is 72.8 Å². The third kappa shape index (κ3) is 13.3. The fourth-order valence-electron chi connectivity index (χ4n) is 7.57. The number of aliphatic hydroxyl groups excluding tert-OH is 7. The minimum absolute atomic E-state index is 0.134. The van der Waals surface area contributed by atoms with Gasteiger partial charge in [-0.15, -0.1) is 0 Å². The number of unbranched alkanes of at least 4 members (excludes halogenated alkanes) is 5. The molecule has 340 valence electrons. The van der Waals surface area contributed by atoms with E-state index >= 15 is 0 Å². The largest absolute Gasteiger partial charge is 0.494 e. The summed E-state index contributed by atoms with van der Waals surface area (Å²) in [5, 5.41) is 83.3. The molecule has 19 nitrogen and oxygen atoms in total. The van der Waals surface area contributed by atoms with E-state index in [1.165, 1.54) is 44.7 Å². The number of rotatable bonds is 21. The Bertz CT molecular complexity index is 1520. The Morgan fingerprint density at radius 1 is 0.683 bits per heavy atom. The lowest BCUT2D eigenvalue weighted by atomic mass is 9.92. The summed E-state index contributed by atoms with van der Waals surface area (Å²) >= 11 is 0. The first-order valence-electron chi connectivity index (χ1n) is 20.8. The zero-order valence-corrected chi connectivity index (χ0v) is 34.7. The van der Waals surface area contributed by atoms with Gasteiger partial charge < -0.3 is 80.1 Å². The molecule has 19 heteroatoms. The van der Waals surface area contributed by atoms with Crippen molar-refractivity contribution in [3.05, 3.63) is 42.0 Å². The first kappa shape index (κ1) is 49.3. The predicted molar refractivity (Wildman–Crippen MR) is 212 cm³/mol. The molecule has 3 saturated heterocycles. The number of carbonyl (C=O) groups is 3. The van der Waals surface area contributed by atoms with Gasteiger partial charge in [0, 0.05) is 19.4 Å². The molecule has 1 aromatic carbocycles. The zero-order valence-electron chi connectivity index (χ0n) is 34.7. The lowest BCUT2D eigenvalue weighted by molar-refractivity contribution is -0.346. The van der Waals surface area contributed by atoms with Crippen molar-refractivity contribution in [2.45, 2.75) is 164 Å². The number of hydrogen-bond donors (Lipinski definition) is 10. The standard InChI is InChI=1S/C41H65N3O16/c1-5-6-7-8-9-10-11-12-13-17-55-26-16-14-15-25(18-26)39(54)44-31-34(51)33(50)27(19-45)57-40(31)60-38-29(21-47)58-41(32(36(38)53)43-24(4)49)59-37-28(20-46)56-22(2)30(35(37)52)42-23(3)48/h10-11,14-16,18,22,27-38,40-41,45-47,50-53H,5-9,12-13,17,19-21H2,1-4H3,(H,42,48)(H,43,49)(H,44,54)/t22-,27?,28?,29-,30+,31-,32?,33+,34+,35+,36?,37?,38+,40?,41?/m0/s1. The molecule has 0 radical (unpaired) electrons. The van der Waals surface area contributed by atoms with Gasteiger partial charge in [-0.2, -0.15) is 0 Å². The van der Waals surface area contributed by atoms with E-state index in [2.05, 4.69) is 35.0 Å². The van der Waals surface area contributed by atoms with Gasteiger partial charge in [-0.25, -0.2) is 0 Å². The number of hydrogen-bond acceptors (Lipinski definition) is 16. The molecule has 0 saturated carbocycles. The molecule has 0 spiro atoms. The molecule has 3 fully saturated rings. The van der Waals surface area contributed by atoms with Crippen molar-refractivity contribution in [1.29, 1.82) is 0 Å². The van der Waals surface area contributed by atoms with Crippen molar-refractivity contribution in [1.82, 2.24) is 16.0 Å². The third-order valence-electron chi connectivity index (χ3n) is 10.8. The van der Waals surface area contributed by atoms with Gasteiger partial charge in [-0.3, -0.25) is 14.4 Å². The molecule has 15 atom stereocenters. The number of amides is 3. The highest BCUT2D eigenvalue weighted by Gasteiger charge is 2.54. The summed E-state index contributed by atoms with van der Waals surface area (Å²) in [6, 6.07) is 2.33. The van der Waals surface area contributed by atoms with Gasteiger partial charge in [-0.1, -0.05) is 44.4 Å². The molecular formula is C41H65N3O16. The molecule has 60 heavy (non-hydrogen) atoms. The molecule has 0 aliphatic carbocycles. The third-order valence-corrected chi connectivity index (χ3v) is 10.8. The Kier molecular flexibility index (Phi) is 20.0. The average molecular weight is 856 g/mol. The Morgan fingerprint density at radius 2 is 1.23 bits per heavy atom. The number of carbonyl (C=O) groups excluding carboxylic acids is 3. The van der Waals surface area contributed by atoms with Crippen molar-refractivity contribution < 1.29 is 78.6 Å². The second kappa shape index (κ2) is 24.4. The lowest BCUT2D eigenvalue weighted by Crippen LogP contribution is -2.70. The van der Waals surface area contributed by atoms with Crippen LogP contribution >= 0.6 is 0 Å². The highest BCUT2D eigenvalue weighted by atomic mass is 16.7. The summed E-state index contributed by atoms with van der Waals surface area (Å²) in [5.74, 6) is -1.43. The number of allylic oxidation sites excluding steroid dienone is 2. The summed E-state index contributed by atoms with van der Waals surface area (Å²) < 4.78 is 35.7. The number of ether oxygens (including phenoxy) is 6. The van der Waals surface area contributed by atoms with Gasteiger partial charge in [0.25, 0.3) is 5.91 Å². The van der Waals surface area contributed by atoms with Crippen molar-refractivity contribution in [2.75, 3.05) is 26.4 Å². The van der Waals surface area contributed by atoms with Crippen LogP contribution in [0.1, 0.15) is 83.0 Å². The van der Waals surface area contributed by atoms with Crippen LogP contribution in [0.25, 0.3) is 0 Å². The van der Waals surface area contributed by atoms with Crippen LogP contribution in [0, 0.1) is 0 Å². The molecule has 4 rings (SSSR count). The first-order valence-corrected chi connectivity index (χ1v) is 20.8. The number of benzene rings is 1. The van der Waals surface area contributed by atoms with Crippen LogP contribution in [0.3, 0.4) is 0 Å². The highest BCUT2D eigenvalue weighted by molar-refractivity contribution is 5.94. The minimum Gasteiger partial charge on any atom is -0.494 e. The van der Waals surface area contributed by atoms with Gasteiger partial charge >= 0.3 is 0 Å². The van der Waals surface area contributed by atoms with E-state index in [0.717, 1.165) is 26.2 Å². The van der Waals surface area contributed by atoms with Crippen molar-refractivity contribution in [2.24, 2.45) is 0 Å². The fraction of sp³-hybridized carbons (Fsp3) is 0.732. The quantitative estimate of drug-likeness (QED) is 0.0519. The molecule has 3 aliphatic rings. The van der Waals surface area contributed by atoms with E-state index < -0.39 is 129 Å². The van der Waals surface area contributed by atoms with E-state index in [9.17, 15) is 50.1 Å². The second-order valence-corrected chi connectivity index (χ2v) is 15.5. The molecule has 10 N–H and O–H groups in total. The fourth-order valence-corrected chi connectivity index (χ4v) is 7.57. The van der Waals surface area contributed by atoms with E-state index in [0.29, 0.717) is 12.4 Å². The number of nitrogens with one attached hydrogen (secondary N) is 3. The number of aliphatic hydroxyl groups is 7. The zero-order chi connectivity index (χ0) is 43.9. The molecular weight excluding hydrogens is 790 g/mol. The smallest absolute Gasteiger partial charge is 0.251 e. The molecule has 7 unspecified atom stereocenters. The summed E-state index contributed by atoms with van der Waals surface area (Å²) in [6.07, 6.45) is -5.98. The summed E-state index contributed by atoms with van der Waals surface area (Å²) in [7, 11) is 0. The molecule has 3 amide bonds. The second-order valence-electron chi connectivity index (χ2n) is 15.5. The summed E-state index contributed by atoms with van der Waals surface area (Å²) in [6.45, 7) is 4.32. The van der Waals surface area contributed by atoms with Crippen LogP contribution in [0.5, 0.6) is 5.75 Å². The van der Waals surface area contributed by atoms with Gasteiger partial charge in [0.15, 0.2) is 12.6 Å². The lowest BCUT2D eigenvalue weighted by Gasteiger charge is -2.50. The summed E-state index contributed by atoms with van der Waals surface area (Å²) in [4.78, 5) is 38.0. The summed E-state index contributed by atoms with van der Waals surface area (Å²) in [5.41, 5.74) is 0.134. The van der Waals surface area contributed by atoms with E-state index in [1.807, 2.05) is 0 Å². The average Bonchev–Trinajstić information content (AvgIpc) is 3.22. The normalized spacial score (nSPS) is 34.5. The molecule has 0 bridgehead atoms. The first-order chi connectivity index (χ1) is 28.7. The highest BCUT2D eigenvalue weighted by Crippen LogP contribution is 2.33. The Morgan fingerprint density at radius 3 is 1.83 bits per heavy atom. The topological polar surface area (TPSA) is 284 Å². The molecule has 0 aromatic heterocycles. The van der Waals surface area contributed by atoms with Crippen molar-refractivity contribution in [3.63, 3.8) is 0 Å². The Labute approximate surface area is 350 Å². The van der Waals surface area contributed by atoms with Gasteiger partial charge in [0.05, 0.1) is 38.6 Å². The molecule has 3 heterocycles. The van der Waals surface area contributed by atoms with Crippen molar-refractivity contribution in [3.8, 4) is 5.75 Å². The van der Waals surface area contributed by atoms with Gasteiger partial charge in [-0.05, 0) is 50.8 Å². The van der Waals surface area contributed by atoms with Crippen molar-refractivity contribution >= 4 is 17.7 Å². The van der Waals surface area contributed by atoms with Crippen LogP contribution in [0.2, 0.25) is 0 Å². The van der Waals surface area contributed by atoms with Crippen LogP contribution in [-0.2, 0) is 33.3 Å². The Balaban J connectivity index is 1.49. The maximum absolute atomic E-state index is 13.6. The van der Waals surface area contributed by atoms with E-state index in [-0.39, 0.29) is 5.56 Å². The monoisotopic (exact) mass is 855 g/mol. The SMILES string of the molecule is CCCCCCC=CCCCOc1cccc(C(=O)N[C@@H]2C(O[C@H]3C(O)C(NC(C)=O)C(OC4C(CO)O[C@@H](C)[C@@H](NC(C)=O)[C@H]4O)O[C@H]3CO)OC(CO)[C@@H](O)[C@@H]2O)c1. The Hall–Kier alpha value is -3.31. The maximum Gasteiger partial charge on any atom is 0.251 e. The van der Waals surface area contributed by atoms with Gasteiger partial charge in [0.2, 0.25) is 11.8 Å². The molecule has 3 aliphatic heterocycles. The van der Waals surface area contributed by atoms with Crippen LogP contribution < -0.4 is 20.7 Å². The maximum atomic E-state index is 13.6. The predicted octanol–water partition coefficient (Wildman–Crippen LogP) is -1.09. The van der Waals surface area contributed by atoms with Crippen LogP contribution in [0.15, 0.2) is 36.4 Å². The van der Waals surface area contributed by atoms with E-state index in [4.69, 9.17) is 28.4 Å². The molecule has 1 aromatic rings. The minimum atomic E-state index is -1.78. The van der Waals surface area contributed by atoms with Crippen LogP contribution in [0.4, 0.5) is 0 Å². The van der Waals surface area contributed by atoms with E-state index in [1.54, 1.807) is 19.1 Å².